The van der Waals surface area contributed by atoms with Crippen molar-refractivity contribution in [1.82, 2.24) is 15.3 Å². The zero-order valence-electron chi connectivity index (χ0n) is 17.8. The molecule has 0 atom stereocenters. The lowest BCUT2D eigenvalue weighted by Gasteiger charge is -2.28. The average molecular weight is 397 g/mol. The molecule has 0 aliphatic carbocycles. The SMILES string of the molecule is COc1ncc(-c2ccc3c(c2)CNCCCCCCCN3C(=O)C(C)C)cn1. The molecule has 0 radical (unpaired) electrons. The second-order valence-corrected chi connectivity index (χ2v) is 7.89. The minimum Gasteiger partial charge on any atom is -0.467 e. The summed E-state index contributed by atoms with van der Waals surface area (Å²) in [6.45, 7) is 6.45. The van der Waals surface area contributed by atoms with Crippen molar-refractivity contribution in [2.45, 2.75) is 52.5 Å². The molecule has 0 bridgehead atoms. The quantitative estimate of drug-likeness (QED) is 0.842. The summed E-state index contributed by atoms with van der Waals surface area (Å²) in [4.78, 5) is 23.4. The van der Waals surface area contributed by atoms with E-state index in [1.165, 1.54) is 25.7 Å². The van der Waals surface area contributed by atoms with Crippen LogP contribution in [0.5, 0.6) is 6.01 Å². The highest BCUT2D eigenvalue weighted by Crippen LogP contribution is 2.29. The molecule has 29 heavy (non-hydrogen) atoms. The number of anilines is 1. The van der Waals surface area contributed by atoms with E-state index in [1.54, 1.807) is 19.5 Å². The molecule has 0 spiro atoms. The maximum Gasteiger partial charge on any atom is 0.316 e. The van der Waals surface area contributed by atoms with Gasteiger partial charge in [0.25, 0.3) is 0 Å². The third kappa shape index (κ3) is 5.54. The van der Waals surface area contributed by atoms with Crippen molar-refractivity contribution < 1.29 is 9.53 Å². The summed E-state index contributed by atoms with van der Waals surface area (Å²) in [6, 6.07) is 6.63. The van der Waals surface area contributed by atoms with Crippen LogP contribution in [0.2, 0.25) is 0 Å². The van der Waals surface area contributed by atoms with Crippen molar-refractivity contribution in [3.63, 3.8) is 0 Å². The van der Waals surface area contributed by atoms with Crippen LogP contribution in [0.25, 0.3) is 11.1 Å². The van der Waals surface area contributed by atoms with E-state index in [1.807, 2.05) is 18.7 Å². The summed E-state index contributed by atoms with van der Waals surface area (Å²) in [5, 5.41) is 3.56. The maximum atomic E-state index is 13.0. The molecule has 3 rings (SSSR count). The van der Waals surface area contributed by atoms with Crippen LogP contribution in [0, 0.1) is 5.92 Å². The van der Waals surface area contributed by atoms with Gasteiger partial charge in [-0.1, -0.05) is 39.2 Å². The molecule has 156 valence electrons. The fourth-order valence-corrected chi connectivity index (χ4v) is 3.67. The van der Waals surface area contributed by atoms with Crippen LogP contribution < -0.4 is 15.0 Å². The number of rotatable bonds is 3. The number of nitrogens with zero attached hydrogens (tertiary/aromatic N) is 3. The minimum absolute atomic E-state index is 0.0293. The molecule has 6 heteroatoms. The highest BCUT2D eigenvalue weighted by Gasteiger charge is 2.21. The van der Waals surface area contributed by atoms with Gasteiger partial charge in [-0.15, -0.1) is 0 Å². The van der Waals surface area contributed by atoms with Crippen LogP contribution in [0.4, 0.5) is 5.69 Å². The summed E-state index contributed by atoms with van der Waals surface area (Å²) in [5.41, 5.74) is 4.11. The topological polar surface area (TPSA) is 67.3 Å². The van der Waals surface area contributed by atoms with Crippen molar-refractivity contribution in [2.24, 2.45) is 5.92 Å². The van der Waals surface area contributed by atoms with Crippen LogP contribution >= 0.6 is 0 Å². The van der Waals surface area contributed by atoms with Gasteiger partial charge in [0.05, 0.1) is 7.11 Å². The normalized spacial score (nSPS) is 15.9. The third-order valence-electron chi connectivity index (χ3n) is 5.33. The van der Waals surface area contributed by atoms with Gasteiger partial charge in [-0.25, -0.2) is 9.97 Å². The minimum atomic E-state index is -0.0293. The molecule has 1 aliphatic heterocycles. The van der Waals surface area contributed by atoms with Gasteiger partial charge in [0, 0.05) is 42.7 Å². The van der Waals surface area contributed by atoms with E-state index in [0.29, 0.717) is 6.01 Å². The summed E-state index contributed by atoms with van der Waals surface area (Å²) in [6.07, 6.45) is 9.41. The van der Waals surface area contributed by atoms with Gasteiger partial charge in [0.1, 0.15) is 0 Å². The molecule has 0 saturated carbocycles. The van der Waals surface area contributed by atoms with E-state index in [2.05, 4.69) is 33.5 Å². The number of methoxy groups -OCH3 is 1. The Morgan fingerprint density at radius 3 is 2.52 bits per heavy atom. The van der Waals surface area contributed by atoms with Gasteiger partial charge in [-0.05, 0) is 42.6 Å². The molecule has 0 saturated heterocycles. The summed E-state index contributed by atoms with van der Waals surface area (Å²) < 4.78 is 5.06. The monoisotopic (exact) mass is 396 g/mol. The Kier molecular flexibility index (Phi) is 7.58. The van der Waals surface area contributed by atoms with Crippen molar-refractivity contribution in [3.05, 3.63) is 36.2 Å². The van der Waals surface area contributed by atoms with Gasteiger partial charge >= 0.3 is 6.01 Å². The first kappa shape index (κ1) is 21.2. The number of carbonyl (C=O) groups excluding carboxylic acids is 1. The number of benzene rings is 1. The first-order valence-corrected chi connectivity index (χ1v) is 10.6. The first-order chi connectivity index (χ1) is 14.1. The zero-order chi connectivity index (χ0) is 20.6. The van der Waals surface area contributed by atoms with Crippen molar-refractivity contribution in [3.8, 4) is 17.1 Å². The second-order valence-electron chi connectivity index (χ2n) is 7.89. The number of carbonyl (C=O) groups is 1. The molecule has 2 aromatic rings. The molecule has 0 fully saturated rings. The van der Waals surface area contributed by atoms with Crippen LogP contribution in [-0.4, -0.2) is 36.1 Å². The van der Waals surface area contributed by atoms with Crippen LogP contribution in [0.3, 0.4) is 0 Å². The van der Waals surface area contributed by atoms with Gasteiger partial charge in [0.15, 0.2) is 0 Å². The Balaban J connectivity index is 1.97. The predicted octanol–water partition coefficient (Wildman–Crippen LogP) is 4.19. The van der Waals surface area contributed by atoms with Crippen molar-refractivity contribution >= 4 is 11.6 Å². The largest absolute Gasteiger partial charge is 0.467 e. The van der Waals surface area contributed by atoms with E-state index in [0.717, 1.165) is 48.4 Å². The summed E-state index contributed by atoms with van der Waals surface area (Å²) in [5.74, 6) is 0.155. The Bertz CT molecular complexity index is 805. The Hall–Kier alpha value is -2.47. The molecule has 6 nitrogen and oxygen atoms in total. The predicted molar refractivity (Wildman–Crippen MR) is 116 cm³/mol. The van der Waals surface area contributed by atoms with E-state index in [-0.39, 0.29) is 11.8 Å². The molecule has 2 heterocycles. The van der Waals surface area contributed by atoms with Crippen molar-refractivity contribution in [1.29, 1.82) is 0 Å². The molecular weight excluding hydrogens is 364 g/mol. The van der Waals surface area contributed by atoms with Gasteiger partial charge in [0.2, 0.25) is 5.91 Å². The lowest BCUT2D eigenvalue weighted by atomic mass is 10.0. The number of fused-ring (bicyclic) bond motifs is 1. The summed E-state index contributed by atoms with van der Waals surface area (Å²) in [7, 11) is 1.56. The number of amides is 1. The van der Waals surface area contributed by atoms with Crippen LogP contribution in [0.1, 0.15) is 51.5 Å². The maximum absolute atomic E-state index is 13.0. The lowest BCUT2D eigenvalue weighted by Crippen LogP contribution is -2.36. The fraction of sp³-hybridized carbons (Fsp3) is 0.522. The molecule has 0 unspecified atom stereocenters. The average Bonchev–Trinajstić information content (AvgIpc) is 2.74. The molecule has 1 aromatic carbocycles. The number of aromatic nitrogens is 2. The highest BCUT2D eigenvalue weighted by molar-refractivity contribution is 5.95. The summed E-state index contributed by atoms with van der Waals surface area (Å²) >= 11 is 0. The van der Waals surface area contributed by atoms with E-state index >= 15 is 0 Å². The van der Waals surface area contributed by atoms with Gasteiger partial charge in [-0.3, -0.25) is 4.79 Å². The lowest BCUT2D eigenvalue weighted by molar-refractivity contribution is -0.121. The molecular formula is C23H32N4O2. The molecule has 1 aliphatic rings. The number of ether oxygens (including phenoxy) is 1. The Morgan fingerprint density at radius 1 is 1.07 bits per heavy atom. The highest BCUT2D eigenvalue weighted by atomic mass is 16.5. The second kappa shape index (κ2) is 10.3. The Labute approximate surface area is 173 Å². The molecule has 1 amide bonds. The first-order valence-electron chi connectivity index (χ1n) is 10.6. The zero-order valence-corrected chi connectivity index (χ0v) is 17.8. The van der Waals surface area contributed by atoms with Crippen molar-refractivity contribution in [2.75, 3.05) is 25.1 Å². The molecule has 1 aromatic heterocycles. The fourth-order valence-electron chi connectivity index (χ4n) is 3.67. The number of nitrogens with one attached hydrogen (secondary N) is 1. The Morgan fingerprint density at radius 2 is 1.79 bits per heavy atom. The number of hydrogen-bond donors (Lipinski definition) is 1. The van der Waals surface area contributed by atoms with Gasteiger partial charge < -0.3 is 15.0 Å². The van der Waals surface area contributed by atoms with Gasteiger partial charge in [-0.2, -0.15) is 0 Å². The van der Waals surface area contributed by atoms with E-state index in [9.17, 15) is 4.79 Å². The van der Waals surface area contributed by atoms with E-state index < -0.39 is 0 Å². The number of hydrogen-bond acceptors (Lipinski definition) is 5. The smallest absolute Gasteiger partial charge is 0.316 e. The third-order valence-corrected chi connectivity index (χ3v) is 5.33. The standard InChI is InChI=1S/C23H32N4O2/c1-17(2)22(28)27-12-8-6-4-5-7-11-24-14-19-13-18(9-10-21(19)27)20-15-25-23(29-3)26-16-20/h9-10,13,15-17,24H,4-8,11-12,14H2,1-3H3. The van der Waals surface area contributed by atoms with Crippen LogP contribution in [-0.2, 0) is 11.3 Å². The van der Waals surface area contributed by atoms with Crippen LogP contribution in [0.15, 0.2) is 30.6 Å². The molecule has 1 N–H and O–H groups in total. The van der Waals surface area contributed by atoms with E-state index in [4.69, 9.17) is 4.74 Å².